The van der Waals surface area contributed by atoms with Gasteiger partial charge in [0.2, 0.25) is 0 Å². The number of benzene rings is 3. The van der Waals surface area contributed by atoms with Gasteiger partial charge in [-0.2, -0.15) is 0 Å². The van der Waals surface area contributed by atoms with Crippen LogP contribution in [0.15, 0.2) is 66.7 Å². The summed E-state index contributed by atoms with van der Waals surface area (Å²) in [4.78, 5) is 15.6. The van der Waals surface area contributed by atoms with Crippen LogP contribution in [0, 0.1) is 0 Å². The number of rotatable bonds is 10. The number of carbonyl (C=O) groups excluding carboxylic acids is 1. The van der Waals surface area contributed by atoms with E-state index >= 15 is 0 Å². The van der Waals surface area contributed by atoms with E-state index in [-0.39, 0.29) is 18.9 Å². The highest BCUT2D eigenvalue weighted by Crippen LogP contribution is 2.32. The first kappa shape index (κ1) is 19.8. The molecular formula is C24H24N2O4. The number of hydrogen-bond acceptors (Lipinski definition) is 5. The van der Waals surface area contributed by atoms with Crippen LogP contribution in [0.3, 0.4) is 0 Å². The zero-order valence-electron chi connectivity index (χ0n) is 16.8. The molecule has 0 amide bonds. The van der Waals surface area contributed by atoms with Crippen molar-refractivity contribution in [3.63, 3.8) is 0 Å². The molecule has 4 rings (SSSR count). The Kier molecular flexibility index (Phi) is 6.15. The van der Waals surface area contributed by atoms with E-state index in [2.05, 4.69) is 10.3 Å². The molecule has 3 aromatic carbocycles. The third-order valence-electron chi connectivity index (χ3n) is 4.81. The highest BCUT2D eigenvalue weighted by atomic mass is 16.5. The van der Waals surface area contributed by atoms with Crippen molar-refractivity contribution in [1.29, 1.82) is 0 Å². The van der Waals surface area contributed by atoms with Crippen molar-refractivity contribution in [2.75, 3.05) is 33.4 Å². The third kappa shape index (κ3) is 4.39. The first-order valence-electron chi connectivity index (χ1n) is 9.87. The standard InChI is InChI=1S/C24H24N2O4/c1-28-21-10-4-5-11-22(21)29-14-13-25-15-17(27)16-30-23-12-6-9-20-24(23)18-7-2-3-8-19(18)26-20/h2-12,25-26H,13-16H2,1H3. The van der Waals surface area contributed by atoms with E-state index < -0.39 is 0 Å². The van der Waals surface area contributed by atoms with Gasteiger partial charge in [-0.1, -0.05) is 36.4 Å². The van der Waals surface area contributed by atoms with Gasteiger partial charge in [-0.15, -0.1) is 0 Å². The summed E-state index contributed by atoms with van der Waals surface area (Å²) < 4.78 is 16.8. The Hall–Kier alpha value is -3.51. The Morgan fingerprint density at radius 2 is 1.60 bits per heavy atom. The van der Waals surface area contributed by atoms with Crippen molar-refractivity contribution < 1.29 is 19.0 Å². The summed E-state index contributed by atoms with van der Waals surface area (Å²) in [7, 11) is 1.61. The fourth-order valence-electron chi connectivity index (χ4n) is 3.40. The minimum Gasteiger partial charge on any atom is -0.493 e. The second-order valence-electron chi connectivity index (χ2n) is 6.85. The van der Waals surface area contributed by atoms with E-state index in [1.807, 2.05) is 66.7 Å². The number of carbonyl (C=O) groups is 1. The van der Waals surface area contributed by atoms with Crippen molar-refractivity contribution in [2.45, 2.75) is 0 Å². The van der Waals surface area contributed by atoms with Crippen molar-refractivity contribution >= 4 is 27.6 Å². The minimum absolute atomic E-state index is 0.0129. The van der Waals surface area contributed by atoms with Gasteiger partial charge < -0.3 is 24.5 Å². The average Bonchev–Trinajstić information content (AvgIpc) is 3.17. The lowest BCUT2D eigenvalue weighted by Gasteiger charge is -2.11. The van der Waals surface area contributed by atoms with E-state index in [4.69, 9.17) is 14.2 Å². The summed E-state index contributed by atoms with van der Waals surface area (Å²) >= 11 is 0. The molecule has 0 saturated carbocycles. The topological polar surface area (TPSA) is 72.6 Å². The predicted octanol–water partition coefficient (Wildman–Crippen LogP) is 3.95. The van der Waals surface area contributed by atoms with Crippen LogP contribution in [0.4, 0.5) is 0 Å². The minimum atomic E-state index is -0.0239. The molecule has 0 radical (unpaired) electrons. The maximum atomic E-state index is 12.2. The second kappa shape index (κ2) is 9.33. The van der Waals surface area contributed by atoms with Crippen LogP contribution < -0.4 is 19.5 Å². The maximum Gasteiger partial charge on any atom is 0.183 e. The van der Waals surface area contributed by atoms with E-state index in [1.165, 1.54) is 0 Å². The molecule has 0 atom stereocenters. The lowest BCUT2D eigenvalue weighted by Crippen LogP contribution is -2.30. The van der Waals surface area contributed by atoms with Crippen LogP contribution >= 0.6 is 0 Å². The average molecular weight is 404 g/mol. The Morgan fingerprint density at radius 1 is 0.867 bits per heavy atom. The molecule has 0 fully saturated rings. The number of methoxy groups -OCH3 is 1. The van der Waals surface area contributed by atoms with Gasteiger partial charge in [0, 0.05) is 22.8 Å². The van der Waals surface area contributed by atoms with Crippen molar-refractivity contribution in [3.8, 4) is 17.2 Å². The lowest BCUT2D eigenvalue weighted by atomic mass is 10.1. The van der Waals surface area contributed by atoms with Crippen molar-refractivity contribution in [3.05, 3.63) is 66.7 Å². The van der Waals surface area contributed by atoms with Gasteiger partial charge in [0.1, 0.15) is 19.0 Å². The fourth-order valence-corrected chi connectivity index (χ4v) is 3.40. The van der Waals surface area contributed by atoms with Gasteiger partial charge in [0.15, 0.2) is 17.3 Å². The zero-order valence-corrected chi connectivity index (χ0v) is 16.8. The molecule has 154 valence electrons. The Bertz CT molecular complexity index is 1150. The number of hydrogen-bond donors (Lipinski definition) is 2. The smallest absolute Gasteiger partial charge is 0.183 e. The molecule has 0 spiro atoms. The van der Waals surface area contributed by atoms with E-state index in [0.29, 0.717) is 30.4 Å². The van der Waals surface area contributed by atoms with Crippen LogP contribution in [-0.2, 0) is 4.79 Å². The van der Waals surface area contributed by atoms with Crippen LogP contribution in [0.25, 0.3) is 21.8 Å². The monoisotopic (exact) mass is 404 g/mol. The third-order valence-corrected chi connectivity index (χ3v) is 4.81. The lowest BCUT2D eigenvalue weighted by molar-refractivity contribution is -0.120. The van der Waals surface area contributed by atoms with Crippen LogP contribution in [-0.4, -0.2) is 44.2 Å². The van der Waals surface area contributed by atoms with Gasteiger partial charge in [-0.05, 0) is 30.3 Å². The number of nitrogens with one attached hydrogen (secondary N) is 2. The van der Waals surface area contributed by atoms with E-state index in [9.17, 15) is 4.79 Å². The van der Waals surface area contributed by atoms with Crippen molar-refractivity contribution in [2.24, 2.45) is 0 Å². The molecule has 6 nitrogen and oxygen atoms in total. The molecule has 1 aromatic heterocycles. The highest BCUT2D eigenvalue weighted by molar-refractivity contribution is 6.10. The molecule has 0 bridgehead atoms. The Balaban J connectivity index is 1.26. The Morgan fingerprint density at radius 3 is 2.47 bits per heavy atom. The molecule has 4 aromatic rings. The summed E-state index contributed by atoms with van der Waals surface area (Å²) in [5, 5.41) is 5.17. The van der Waals surface area contributed by atoms with Gasteiger partial charge in [-0.25, -0.2) is 0 Å². The first-order valence-corrected chi connectivity index (χ1v) is 9.87. The summed E-state index contributed by atoms with van der Waals surface area (Å²) in [6.07, 6.45) is 0. The number of Topliss-reactive ketones (excluding diaryl/α,β-unsaturated/α-hetero) is 1. The summed E-state index contributed by atoms with van der Waals surface area (Å²) in [6, 6.07) is 21.4. The summed E-state index contributed by atoms with van der Waals surface area (Å²) in [5.41, 5.74) is 2.04. The van der Waals surface area contributed by atoms with Crippen LogP contribution in [0.2, 0.25) is 0 Å². The zero-order chi connectivity index (χ0) is 20.8. The molecule has 0 aliphatic carbocycles. The van der Waals surface area contributed by atoms with Crippen LogP contribution in [0.1, 0.15) is 0 Å². The number of aromatic nitrogens is 1. The molecule has 2 N–H and O–H groups in total. The van der Waals surface area contributed by atoms with Gasteiger partial charge >= 0.3 is 0 Å². The fraction of sp³-hybridized carbons (Fsp3) is 0.208. The second-order valence-corrected chi connectivity index (χ2v) is 6.85. The van der Waals surface area contributed by atoms with Gasteiger partial charge in [0.05, 0.1) is 19.2 Å². The van der Waals surface area contributed by atoms with E-state index in [1.54, 1.807) is 7.11 Å². The highest BCUT2D eigenvalue weighted by Gasteiger charge is 2.11. The maximum absolute atomic E-state index is 12.2. The summed E-state index contributed by atoms with van der Waals surface area (Å²) in [5.74, 6) is 2.05. The normalized spacial score (nSPS) is 11.0. The van der Waals surface area contributed by atoms with Gasteiger partial charge in [0.25, 0.3) is 0 Å². The molecular weight excluding hydrogens is 380 g/mol. The Labute approximate surface area is 174 Å². The first-order chi connectivity index (χ1) is 14.8. The number of aromatic amines is 1. The van der Waals surface area contributed by atoms with Gasteiger partial charge in [-0.3, -0.25) is 4.79 Å². The number of H-pyrrole nitrogens is 1. The molecule has 0 aliphatic heterocycles. The predicted molar refractivity (Wildman–Crippen MR) is 118 cm³/mol. The number of para-hydroxylation sites is 3. The molecule has 0 unspecified atom stereocenters. The molecule has 0 saturated heterocycles. The quantitative estimate of drug-likeness (QED) is 0.392. The summed E-state index contributed by atoms with van der Waals surface area (Å²) in [6.45, 7) is 1.21. The number of ketones is 1. The SMILES string of the molecule is COc1ccccc1OCCNCC(=O)COc1cccc2[nH]c3ccccc3c12. The molecule has 6 heteroatoms. The number of fused-ring (bicyclic) bond motifs is 3. The van der Waals surface area contributed by atoms with Crippen molar-refractivity contribution in [1.82, 2.24) is 10.3 Å². The van der Waals surface area contributed by atoms with E-state index in [0.717, 1.165) is 21.8 Å². The largest absolute Gasteiger partial charge is 0.493 e. The van der Waals surface area contributed by atoms with Crippen LogP contribution in [0.5, 0.6) is 17.2 Å². The molecule has 0 aliphatic rings. The molecule has 1 heterocycles. The molecule has 30 heavy (non-hydrogen) atoms. The number of ether oxygens (including phenoxy) is 3.